The van der Waals surface area contributed by atoms with Crippen LogP contribution in [0.5, 0.6) is 0 Å². The molecule has 0 radical (unpaired) electrons. The molecule has 0 saturated carbocycles. The third kappa shape index (κ3) is 4.53. The number of hydrogen-bond acceptors (Lipinski definition) is 4. The van der Waals surface area contributed by atoms with Gasteiger partial charge in [0, 0.05) is 24.2 Å². The number of carbonyl (C=O) groups is 1. The zero-order valence-corrected chi connectivity index (χ0v) is 12.2. The van der Waals surface area contributed by atoms with E-state index >= 15 is 0 Å². The number of nitro benzene ring substituents is 1. The monoisotopic (exact) mass is 291 g/mol. The number of likely N-dealkylation sites (tertiary alicyclic amines) is 1. The van der Waals surface area contributed by atoms with Crippen LogP contribution in [-0.2, 0) is 0 Å². The van der Waals surface area contributed by atoms with Gasteiger partial charge in [-0.3, -0.25) is 14.9 Å². The van der Waals surface area contributed by atoms with Crippen molar-refractivity contribution < 1.29 is 9.72 Å². The van der Waals surface area contributed by atoms with E-state index in [1.807, 2.05) is 0 Å². The van der Waals surface area contributed by atoms with Crippen molar-refractivity contribution in [2.24, 2.45) is 5.92 Å². The summed E-state index contributed by atoms with van der Waals surface area (Å²) >= 11 is 0. The van der Waals surface area contributed by atoms with Gasteiger partial charge in [0.1, 0.15) is 0 Å². The van der Waals surface area contributed by atoms with Gasteiger partial charge in [-0.25, -0.2) is 0 Å². The van der Waals surface area contributed by atoms with Crippen molar-refractivity contribution in [2.75, 3.05) is 26.7 Å². The molecular weight excluding hydrogens is 270 g/mol. The van der Waals surface area contributed by atoms with Crippen LogP contribution in [0.1, 0.15) is 29.6 Å². The second-order valence-corrected chi connectivity index (χ2v) is 5.60. The maximum atomic E-state index is 12.0. The Labute approximate surface area is 124 Å². The van der Waals surface area contributed by atoms with Gasteiger partial charge in [0.15, 0.2) is 0 Å². The van der Waals surface area contributed by atoms with Crippen molar-refractivity contribution in [3.8, 4) is 0 Å². The van der Waals surface area contributed by atoms with E-state index in [4.69, 9.17) is 0 Å². The smallest absolute Gasteiger partial charge is 0.270 e. The SMILES string of the molecule is CN1CCC(CCNC(=O)c2cccc([N+](=O)[O-])c2)CC1. The highest BCUT2D eigenvalue weighted by molar-refractivity contribution is 5.94. The quantitative estimate of drug-likeness (QED) is 0.665. The highest BCUT2D eigenvalue weighted by atomic mass is 16.6. The summed E-state index contributed by atoms with van der Waals surface area (Å²) in [7, 11) is 2.13. The molecule has 2 rings (SSSR count). The summed E-state index contributed by atoms with van der Waals surface area (Å²) in [5, 5.41) is 13.5. The van der Waals surface area contributed by atoms with Crippen molar-refractivity contribution >= 4 is 11.6 Å². The number of benzene rings is 1. The number of rotatable bonds is 5. The number of carbonyl (C=O) groups excluding carboxylic acids is 1. The molecule has 1 aliphatic rings. The van der Waals surface area contributed by atoms with Gasteiger partial charge in [0.25, 0.3) is 11.6 Å². The van der Waals surface area contributed by atoms with Gasteiger partial charge in [-0.15, -0.1) is 0 Å². The Morgan fingerprint density at radius 3 is 2.81 bits per heavy atom. The molecule has 0 aromatic heterocycles. The van der Waals surface area contributed by atoms with Crippen LogP contribution in [0.15, 0.2) is 24.3 Å². The molecule has 0 aliphatic carbocycles. The lowest BCUT2D eigenvalue weighted by Gasteiger charge is -2.28. The molecule has 114 valence electrons. The Bertz CT molecular complexity index is 511. The number of piperidine rings is 1. The van der Waals surface area contributed by atoms with Crippen molar-refractivity contribution in [2.45, 2.75) is 19.3 Å². The predicted octanol–water partition coefficient (Wildman–Crippen LogP) is 2.06. The molecule has 0 spiro atoms. The standard InChI is InChI=1S/C15H21N3O3/c1-17-9-6-12(7-10-17)5-8-16-15(19)13-3-2-4-14(11-13)18(20)21/h2-4,11-12H,5-10H2,1H3,(H,16,19). The molecule has 1 aliphatic heterocycles. The molecule has 1 saturated heterocycles. The van der Waals surface area contributed by atoms with Crippen LogP contribution in [0, 0.1) is 16.0 Å². The lowest BCUT2D eigenvalue weighted by atomic mass is 9.94. The van der Waals surface area contributed by atoms with Gasteiger partial charge in [-0.1, -0.05) is 6.07 Å². The fourth-order valence-corrected chi connectivity index (χ4v) is 2.60. The summed E-state index contributed by atoms with van der Waals surface area (Å²) in [6, 6.07) is 5.82. The summed E-state index contributed by atoms with van der Waals surface area (Å²) in [4.78, 5) is 24.5. The molecule has 1 fully saturated rings. The third-order valence-electron chi connectivity index (χ3n) is 4.00. The van der Waals surface area contributed by atoms with Crippen molar-refractivity contribution in [3.05, 3.63) is 39.9 Å². The average Bonchev–Trinajstić information content (AvgIpc) is 2.49. The normalized spacial score (nSPS) is 16.6. The molecule has 1 N–H and O–H groups in total. The molecular formula is C15H21N3O3. The Kier molecular flexibility index (Phi) is 5.27. The van der Waals surface area contributed by atoms with Crippen LogP contribution in [0.2, 0.25) is 0 Å². The molecule has 1 heterocycles. The second-order valence-electron chi connectivity index (χ2n) is 5.60. The topological polar surface area (TPSA) is 75.5 Å². The summed E-state index contributed by atoms with van der Waals surface area (Å²) in [5.74, 6) is 0.415. The van der Waals surface area contributed by atoms with Gasteiger partial charge in [0.05, 0.1) is 4.92 Å². The second kappa shape index (κ2) is 7.17. The molecule has 6 heteroatoms. The highest BCUT2D eigenvalue weighted by Gasteiger charge is 2.17. The van der Waals surface area contributed by atoms with E-state index in [0.717, 1.165) is 19.5 Å². The Morgan fingerprint density at radius 1 is 1.43 bits per heavy atom. The summed E-state index contributed by atoms with van der Waals surface area (Å²) < 4.78 is 0. The summed E-state index contributed by atoms with van der Waals surface area (Å²) in [5.41, 5.74) is 0.283. The molecule has 0 atom stereocenters. The first kappa shape index (κ1) is 15.4. The Hall–Kier alpha value is -1.95. The van der Waals surface area contributed by atoms with Crippen LogP contribution < -0.4 is 5.32 Å². The Morgan fingerprint density at radius 2 is 2.14 bits per heavy atom. The van der Waals surface area contributed by atoms with Gasteiger partial charge < -0.3 is 10.2 Å². The first-order valence-corrected chi connectivity index (χ1v) is 7.27. The zero-order chi connectivity index (χ0) is 15.2. The first-order chi connectivity index (χ1) is 10.1. The molecule has 21 heavy (non-hydrogen) atoms. The van der Waals surface area contributed by atoms with Crippen molar-refractivity contribution in [1.29, 1.82) is 0 Å². The number of amides is 1. The van der Waals surface area contributed by atoms with Crippen LogP contribution in [0.3, 0.4) is 0 Å². The lowest BCUT2D eigenvalue weighted by molar-refractivity contribution is -0.384. The van der Waals surface area contributed by atoms with Gasteiger partial charge >= 0.3 is 0 Å². The molecule has 1 aromatic rings. The minimum Gasteiger partial charge on any atom is -0.352 e. The fourth-order valence-electron chi connectivity index (χ4n) is 2.60. The van der Waals surface area contributed by atoms with E-state index in [9.17, 15) is 14.9 Å². The highest BCUT2D eigenvalue weighted by Crippen LogP contribution is 2.19. The molecule has 1 aromatic carbocycles. The minimum absolute atomic E-state index is 0.0574. The van der Waals surface area contributed by atoms with Gasteiger partial charge in [0.2, 0.25) is 0 Å². The minimum atomic E-state index is -0.491. The maximum absolute atomic E-state index is 12.0. The molecule has 0 unspecified atom stereocenters. The van der Waals surface area contributed by atoms with E-state index < -0.39 is 4.92 Å². The summed E-state index contributed by atoms with van der Waals surface area (Å²) in [6.07, 6.45) is 3.31. The number of nitro groups is 1. The summed E-state index contributed by atoms with van der Waals surface area (Å²) in [6.45, 7) is 2.85. The predicted molar refractivity (Wildman–Crippen MR) is 80.3 cm³/mol. The maximum Gasteiger partial charge on any atom is 0.270 e. The van der Waals surface area contributed by atoms with Crippen LogP contribution in [-0.4, -0.2) is 42.4 Å². The van der Waals surface area contributed by atoms with Crippen molar-refractivity contribution in [1.82, 2.24) is 10.2 Å². The molecule has 6 nitrogen and oxygen atoms in total. The van der Waals surface area contributed by atoms with E-state index in [-0.39, 0.29) is 11.6 Å². The molecule has 1 amide bonds. The zero-order valence-electron chi connectivity index (χ0n) is 12.2. The van der Waals surface area contributed by atoms with Crippen LogP contribution in [0.25, 0.3) is 0 Å². The number of nitrogens with zero attached hydrogens (tertiary/aromatic N) is 2. The molecule has 0 bridgehead atoms. The van der Waals surface area contributed by atoms with Gasteiger partial charge in [-0.05, 0) is 51.4 Å². The van der Waals surface area contributed by atoms with Crippen molar-refractivity contribution in [3.63, 3.8) is 0 Å². The number of non-ortho nitro benzene ring substituents is 1. The van der Waals surface area contributed by atoms with Crippen LogP contribution in [0.4, 0.5) is 5.69 Å². The van der Waals surface area contributed by atoms with E-state index in [1.165, 1.54) is 31.0 Å². The lowest BCUT2D eigenvalue weighted by Crippen LogP contribution is -2.32. The van der Waals surface area contributed by atoms with Crippen LogP contribution >= 0.6 is 0 Å². The number of hydrogen-bond donors (Lipinski definition) is 1. The first-order valence-electron chi connectivity index (χ1n) is 7.27. The largest absolute Gasteiger partial charge is 0.352 e. The Balaban J connectivity index is 1.79. The fraction of sp³-hybridized carbons (Fsp3) is 0.533. The van der Waals surface area contributed by atoms with Gasteiger partial charge in [-0.2, -0.15) is 0 Å². The van der Waals surface area contributed by atoms with E-state index in [0.29, 0.717) is 18.0 Å². The average molecular weight is 291 g/mol. The number of nitrogens with one attached hydrogen (secondary N) is 1. The van der Waals surface area contributed by atoms with E-state index in [1.54, 1.807) is 6.07 Å². The van der Waals surface area contributed by atoms with E-state index in [2.05, 4.69) is 17.3 Å². The third-order valence-corrected chi connectivity index (χ3v) is 4.00.